The maximum Gasteiger partial charge on any atom is 4.00 e. The third-order valence-electron chi connectivity index (χ3n) is 9.57. The van der Waals surface area contributed by atoms with Gasteiger partial charge in [0.2, 0.25) is 0 Å². The summed E-state index contributed by atoms with van der Waals surface area (Å²) in [5.41, 5.74) is 9.41. The van der Waals surface area contributed by atoms with Gasteiger partial charge in [0.1, 0.15) is 11.5 Å². The Labute approximate surface area is 352 Å². The molecule has 0 unspecified atom stereocenters. The maximum absolute atomic E-state index is 6.13. The second-order valence-corrected chi connectivity index (χ2v) is 12.9. The first-order valence-corrected chi connectivity index (χ1v) is 17.6. The van der Waals surface area contributed by atoms with Crippen LogP contribution in [0.4, 0.5) is 0 Å². The molecule has 0 saturated heterocycles. The molecule has 55 heavy (non-hydrogen) atoms. The van der Waals surface area contributed by atoms with Gasteiger partial charge in [-0.2, -0.15) is 0 Å². The second kappa shape index (κ2) is 17.8. The van der Waals surface area contributed by atoms with Gasteiger partial charge in [0, 0.05) is 11.1 Å². The fraction of sp³-hybridized carbons (Fsp3) is 0. The molecule has 5 heteroatoms. The first-order chi connectivity index (χ1) is 25.8. The number of halogens is 2. The molecule has 0 amide bonds. The van der Waals surface area contributed by atoms with E-state index in [1.807, 2.05) is 60.7 Å². The van der Waals surface area contributed by atoms with E-state index in [0.29, 0.717) is 0 Å². The fourth-order valence-corrected chi connectivity index (χ4v) is 6.99. The van der Waals surface area contributed by atoms with Gasteiger partial charge in [-0.05, 0) is 35.4 Å². The van der Waals surface area contributed by atoms with Crippen molar-refractivity contribution in [1.82, 2.24) is 0 Å². The van der Waals surface area contributed by atoms with E-state index in [1.54, 1.807) is 0 Å². The van der Waals surface area contributed by atoms with Crippen LogP contribution in [0, 0.1) is 0 Å². The van der Waals surface area contributed by atoms with Crippen LogP contribution in [0.25, 0.3) is 89.1 Å². The first-order valence-electron chi connectivity index (χ1n) is 17.6. The molecule has 2 aromatic heterocycles. The van der Waals surface area contributed by atoms with Crippen LogP contribution in [-0.2, 0) is 26.2 Å². The summed E-state index contributed by atoms with van der Waals surface area (Å²) in [5.74, 6) is 3.60. The Morgan fingerprint density at radius 3 is 1.00 bits per heavy atom. The predicted octanol–water partition coefficient (Wildman–Crippen LogP) is 8.31. The Bertz CT molecular complexity index is 2530. The van der Waals surface area contributed by atoms with Gasteiger partial charge in [-0.15, -0.1) is 57.9 Å². The molecule has 10 rings (SSSR count). The first kappa shape index (κ1) is 39.3. The van der Waals surface area contributed by atoms with E-state index in [1.165, 1.54) is 43.8 Å². The van der Waals surface area contributed by atoms with Gasteiger partial charge in [-0.3, -0.25) is 0 Å². The van der Waals surface area contributed by atoms with Gasteiger partial charge in [0.05, 0.1) is 11.5 Å². The Morgan fingerprint density at radius 1 is 0.309 bits per heavy atom. The van der Waals surface area contributed by atoms with Crippen LogP contribution in [0.15, 0.2) is 215 Å². The van der Waals surface area contributed by atoms with E-state index in [0.717, 1.165) is 45.3 Å². The summed E-state index contributed by atoms with van der Waals surface area (Å²) < 4.78 is 12.3. The van der Waals surface area contributed by atoms with Crippen molar-refractivity contribution in [3.63, 3.8) is 0 Å². The van der Waals surface area contributed by atoms with E-state index < -0.39 is 0 Å². The Morgan fingerprint density at radius 2 is 0.636 bits per heavy atom. The third kappa shape index (κ3) is 8.31. The van der Waals surface area contributed by atoms with Crippen molar-refractivity contribution in [2.45, 2.75) is 0 Å². The van der Waals surface area contributed by atoms with E-state index >= 15 is 0 Å². The smallest absolute Gasteiger partial charge is 1.00 e. The summed E-state index contributed by atoms with van der Waals surface area (Å²) in [6.45, 7) is 0. The van der Waals surface area contributed by atoms with E-state index in [9.17, 15) is 0 Å². The Hall–Kier alpha value is -5.44. The van der Waals surface area contributed by atoms with Gasteiger partial charge in [0.25, 0.3) is 0 Å². The van der Waals surface area contributed by atoms with E-state index in [-0.39, 0.29) is 51.0 Å². The van der Waals surface area contributed by atoms with Crippen LogP contribution in [-0.4, -0.2) is 0 Å². The number of hydrogen-bond acceptors (Lipinski definition) is 2. The summed E-state index contributed by atoms with van der Waals surface area (Å²) in [6, 6.07) is 71.4. The minimum absolute atomic E-state index is 0. The van der Waals surface area contributed by atoms with Gasteiger partial charge in [-0.25, -0.2) is 0 Å². The maximum atomic E-state index is 6.13. The third-order valence-corrected chi connectivity index (χ3v) is 9.57. The average Bonchev–Trinajstić information content (AvgIpc) is 4.05. The fourth-order valence-electron chi connectivity index (χ4n) is 6.99. The monoisotopic (exact) mass is 826 g/mol. The summed E-state index contributed by atoms with van der Waals surface area (Å²) >= 11 is 0. The van der Waals surface area contributed by atoms with Crippen molar-refractivity contribution in [3.05, 3.63) is 206 Å². The molecule has 0 saturated carbocycles. The second-order valence-electron chi connectivity index (χ2n) is 12.9. The molecule has 0 bridgehead atoms. The molecule has 0 atom stereocenters. The number of rotatable bonds is 6. The minimum Gasteiger partial charge on any atom is -1.00 e. The summed E-state index contributed by atoms with van der Waals surface area (Å²) in [4.78, 5) is 0. The molecule has 0 N–H and O–H groups in total. The standard InChI is InChI=1S/2C25H17O.2ClH.Zr/c2*1-3-8-18(9-4-1)22-13-7-12-20-16-21(17-23(20)22)25-15-14-24(26-25)19-10-5-2-6-11-19;;;/h2*1-17H;2*1H;/q2*-1;;;+4/p-2. The SMILES string of the molecule is [Cl-].[Cl-].[Zr+4].c1ccc(-c2ccc(-c3cc4c(-c5ccccc5)cccc4[cH-]3)o2)cc1.c1ccc(-c2ccc(-c3cc4c(-c5ccccc5)cccc4[cH-]3)o2)cc1. The molecule has 0 fully saturated rings. The molecule has 2 nitrogen and oxygen atoms in total. The molecule has 2 heterocycles. The Kier molecular flexibility index (Phi) is 12.7. The normalized spacial score (nSPS) is 10.5. The average molecular weight is 829 g/mol. The van der Waals surface area contributed by atoms with E-state index in [4.69, 9.17) is 8.83 Å². The number of fused-ring (bicyclic) bond motifs is 2. The molecule has 10 aromatic rings. The van der Waals surface area contributed by atoms with Crippen molar-refractivity contribution in [3.8, 4) is 67.5 Å². The molecule has 264 valence electrons. The summed E-state index contributed by atoms with van der Waals surface area (Å²) in [7, 11) is 0. The van der Waals surface area contributed by atoms with Crippen LogP contribution in [0.5, 0.6) is 0 Å². The van der Waals surface area contributed by atoms with Gasteiger partial charge < -0.3 is 33.6 Å². The number of furan rings is 2. The van der Waals surface area contributed by atoms with Crippen LogP contribution in [0.2, 0.25) is 0 Å². The zero-order valence-electron chi connectivity index (χ0n) is 29.7. The molecule has 0 aliphatic rings. The minimum atomic E-state index is 0. The number of hydrogen-bond donors (Lipinski definition) is 0. The van der Waals surface area contributed by atoms with E-state index in [2.05, 4.69) is 146 Å². The zero-order valence-corrected chi connectivity index (χ0v) is 33.7. The molecular formula is C50H34Cl2O2Zr. The molecule has 0 radical (unpaired) electrons. The van der Waals surface area contributed by atoms with Crippen molar-refractivity contribution in [2.75, 3.05) is 0 Å². The topological polar surface area (TPSA) is 26.3 Å². The van der Waals surface area contributed by atoms with Gasteiger partial charge in [-0.1, -0.05) is 168 Å². The quantitative estimate of drug-likeness (QED) is 0.158. The predicted molar refractivity (Wildman–Crippen MR) is 216 cm³/mol. The van der Waals surface area contributed by atoms with Crippen LogP contribution >= 0.6 is 0 Å². The molecule has 8 aromatic carbocycles. The molecule has 0 aliphatic heterocycles. The summed E-state index contributed by atoms with van der Waals surface area (Å²) in [5, 5.41) is 4.98. The molecule has 0 aliphatic carbocycles. The van der Waals surface area contributed by atoms with Crippen molar-refractivity contribution in [1.29, 1.82) is 0 Å². The van der Waals surface area contributed by atoms with Gasteiger partial charge >= 0.3 is 26.2 Å². The Balaban J connectivity index is 0.000000177. The van der Waals surface area contributed by atoms with Crippen LogP contribution in [0.3, 0.4) is 0 Å². The summed E-state index contributed by atoms with van der Waals surface area (Å²) in [6.07, 6.45) is 0. The molecule has 0 spiro atoms. The largest absolute Gasteiger partial charge is 4.00 e. The van der Waals surface area contributed by atoms with Gasteiger partial charge in [0.15, 0.2) is 0 Å². The van der Waals surface area contributed by atoms with Crippen molar-refractivity contribution >= 4 is 21.5 Å². The zero-order chi connectivity index (χ0) is 34.7. The van der Waals surface area contributed by atoms with Crippen molar-refractivity contribution < 1.29 is 59.9 Å². The molecular weight excluding hydrogens is 795 g/mol. The van der Waals surface area contributed by atoms with Crippen LogP contribution < -0.4 is 24.8 Å². The number of benzene rings is 6. The van der Waals surface area contributed by atoms with Crippen molar-refractivity contribution in [2.24, 2.45) is 0 Å². The van der Waals surface area contributed by atoms with Crippen LogP contribution in [0.1, 0.15) is 0 Å².